The highest BCUT2D eigenvalue weighted by atomic mass is 79.9. The van der Waals surface area contributed by atoms with Crippen molar-refractivity contribution in [3.8, 4) is 0 Å². The number of non-ortho nitro benzene ring substituents is 1. The summed E-state index contributed by atoms with van der Waals surface area (Å²) in [6, 6.07) is 7.38. The lowest BCUT2D eigenvalue weighted by Crippen LogP contribution is -2.10. The highest BCUT2D eigenvalue weighted by Gasteiger charge is 2.15. The van der Waals surface area contributed by atoms with E-state index in [4.69, 9.17) is 0 Å². The van der Waals surface area contributed by atoms with Crippen LogP contribution in [0.25, 0.3) is 0 Å². The van der Waals surface area contributed by atoms with Gasteiger partial charge in [0.05, 0.1) is 22.7 Å². The number of rotatable bonds is 4. The fourth-order valence-electron chi connectivity index (χ4n) is 1.90. The van der Waals surface area contributed by atoms with Gasteiger partial charge in [0.25, 0.3) is 5.69 Å². The number of hydrogen-bond acceptors (Lipinski definition) is 3. The number of nitro groups is 1. The smallest absolute Gasteiger partial charge is 0.272 e. The van der Waals surface area contributed by atoms with Crippen molar-refractivity contribution in [1.29, 1.82) is 0 Å². The number of nitro benzene ring substituents is 1. The minimum atomic E-state index is -0.756. The molecule has 7 heteroatoms. The molecule has 1 unspecified atom stereocenters. The molecule has 0 amide bonds. The monoisotopic (exact) mass is 356 g/mol. The number of benzene rings is 2. The summed E-state index contributed by atoms with van der Waals surface area (Å²) in [4.78, 5) is 9.87. The topological polar surface area (TPSA) is 55.2 Å². The van der Waals surface area contributed by atoms with Gasteiger partial charge in [-0.25, -0.2) is 8.78 Å². The van der Waals surface area contributed by atoms with Crippen molar-refractivity contribution in [3.05, 3.63) is 68.2 Å². The summed E-state index contributed by atoms with van der Waals surface area (Å²) in [5.74, 6) is -1.18. The van der Waals surface area contributed by atoms with E-state index in [2.05, 4.69) is 21.2 Å². The van der Waals surface area contributed by atoms with E-state index in [0.29, 0.717) is 10.0 Å². The zero-order valence-corrected chi connectivity index (χ0v) is 12.5. The average molecular weight is 357 g/mol. The molecule has 2 aromatic carbocycles. The standard InChI is InChI=1S/C14H11BrF2N2O2/c1-8(11-4-2-9(15)6-12(11)16)18-14-5-3-10(19(20)21)7-13(14)17/h2-8,18H,1H3. The first-order chi connectivity index (χ1) is 9.88. The Bertz CT molecular complexity index is 695. The minimum Gasteiger partial charge on any atom is -0.376 e. The summed E-state index contributed by atoms with van der Waals surface area (Å²) in [6.45, 7) is 1.67. The maximum Gasteiger partial charge on any atom is 0.272 e. The molecule has 0 fully saturated rings. The first-order valence-electron chi connectivity index (χ1n) is 6.04. The fourth-order valence-corrected chi connectivity index (χ4v) is 2.23. The predicted octanol–water partition coefficient (Wildman–Crippen LogP) is 4.81. The van der Waals surface area contributed by atoms with Gasteiger partial charge in [0.1, 0.15) is 5.82 Å². The normalized spacial score (nSPS) is 12.0. The van der Waals surface area contributed by atoms with Gasteiger partial charge in [0.2, 0.25) is 0 Å². The third-order valence-electron chi connectivity index (χ3n) is 2.96. The van der Waals surface area contributed by atoms with Crippen LogP contribution in [0.5, 0.6) is 0 Å². The number of halogens is 3. The minimum absolute atomic E-state index is 0.0791. The van der Waals surface area contributed by atoms with Crippen LogP contribution in [0.15, 0.2) is 40.9 Å². The van der Waals surface area contributed by atoms with Gasteiger partial charge in [-0.2, -0.15) is 0 Å². The summed E-state index contributed by atoms with van der Waals surface area (Å²) in [6.07, 6.45) is 0. The molecule has 0 radical (unpaired) electrons. The van der Waals surface area contributed by atoms with Crippen molar-refractivity contribution in [2.24, 2.45) is 0 Å². The zero-order chi connectivity index (χ0) is 15.6. The molecule has 0 saturated heterocycles. The predicted molar refractivity (Wildman–Crippen MR) is 79.2 cm³/mol. The molecule has 0 aliphatic rings. The van der Waals surface area contributed by atoms with E-state index < -0.39 is 22.6 Å². The van der Waals surface area contributed by atoms with Gasteiger partial charge in [-0.15, -0.1) is 0 Å². The van der Waals surface area contributed by atoms with Crippen molar-refractivity contribution in [2.45, 2.75) is 13.0 Å². The first-order valence-corrected chi connectivity index (χ1v) is 6.83. The van der Waals surface area contributed by atoms with Crippen LogP contribution in [0.2, 0.25) is 0 Å². The molecule has 2 rings (SSSR count). The van der Waals surface area contributed by atoms with Crippen LogP contribution in [-0.2, 0) is 0 Å². The Morgan fingerprint density at radius 2 is 1.90 bits per heavy atom. The molecule has 0 spiro atoms. The second-order valence-corrected chi connectivity index (χ2v) is 5.37. The molecular weight excluding hydrogens is 346 g/mol. The molecule has 0 heterocycles. The van der Waals surface area contributed by atoms with Crippen molar-refractivity contribution < 1.29 is 13.7 Å². The van der Waals surface area contributed by atoms with Gasteiger partial charge in [0.15, 0.2) is 5.82 Å². The molecule has 0 aromatic heterocycles. The van der Waals surface area contributed by atoms with Crippen LogP contribution in [0.3, 0.4) is 0 Å². The molecule has 2 aromatic rings. The van der Waals surface area contributed by atoms with Gasteiger partial charge in [-0.05, 0) is 25.1 Å². The van der Waals surface area contributed by atoms with E-state index in [1.54, 1.807) is 19.1 Å². The lowest BCUT2D eigenvalue weighted by atomic mass is 10.1. The van der Waals surface area contributed by atoms with E-state index >= 15 is 0 Å². The van der Waals surface area contributed by atoms with Crippen molar-refractivity contribution in [2.75, 3.05) is 5.32 Å². The van der Waals surface area contributed by atoms with E-state index in [-0.39, 0.29) is 11.4 Å². The van der Waals surface area contributed by atoms with Crippen LogP contribution >= 0.6 is 15.9 Å². The Kier molecular flexibility index (Phi) is 4.52. The molecule has 1 N–H and O–H groups in total. The van der Waals surface area contributed by atoms with Gasteiger partial charge in [-0.3, -0.25) is 10.1 Å². The number of nitrogens with one attached hydrogen (secondary N) is 1. The Balaban J connectivity index is 2.23. The Hall–Kier alpha value is -2.02. The van der Waals surface area contributed by atoms with Crippen molar-refractivity contribution in [3.63, 3.8) is 0 Å². The number of anilines is 1. The highest BCUT2D eigenvalue weighted by Crippen LogP contribution is 2.27. The fraction of sp³-hybridized carbons (Fsp3) is 0.143. The molecule has 0 aliphatic carbocycles. The number of hydrogen-bond donors (Lipinski definition) is 1. The Morgan fingerprint density at radius 3 is 2.48 bits per heavy atom. The molecule has 21 heavy (non-hydrogen) atoms. The summed E-state index contributed by atoms with van der Waals surface area (Å²) < 4.78 is 28.2. The van der Waals surface area contributed by atoms with Gasteiger partial charge >= 0.3 is 0 Å². The quantitative estimate of drug-likeness (QED) is 0.631. The maximum atomic E-state index is 13.8. The maximum absolute atomic E-state index is 13.8. The molecule has 4 nitrogen and oxygen atoms in total. The molecule has 0 saturated carbocycles. The van der Waals surface area contributed by atoms with Crippen molar-refractivity contribution >= 4 is 27.3 Å². The summed E-state index contributed by atoms with van der Waals surface area (Å²) in [5, 5.41) is 13.3. The zero-order valence-electron chi connectivity index (χ0n) is 10.9. The number of nitrogens with zero attached hydrogens (tertiary/aromatic N) is 1. The summed E-state index contributed by atoms with van der Waals surface area (Å²) >= 11 is 3.16. The third-order valence-corrected chi connectivity index (χ3v) is 3.46. The second kappa shape index (κ2) is 6.17. The summed E-state index contributed by atoms with van der Waals surface area (Å²) in [5.41, 5.74) is 0.117. The van der Waals surface area contributed by atoms with Gasteiger partial charge in [-0.1, -0.05) is 22.0 Å². The SMILES string of the molecule is CC(Nc1ccc([N+](=O)[O-])cc1F)c1ccc(Br)cc1F. The first kappa shape index (κ1) is 15.4. The molecule has 0 bridgehead atoms. The summed E-state index contributed by atoms with van der Waals surface area (Å²) in [7, 11) is 0. The molecular formula is C14H11BrF2N2O2. The Morgan fingerprint density at radius 1 is 1.19 bits per heavy atom. The second-order valence-electron chi connectivity index (χ2n) is 4.45. The van der Waals surface area contributed by atoms with Gasteiger partial charge < -0.3 is 5.32 Å². The van der Waals surface area contributed by atoms with Crippen LogP contribution in [0.4, 0.5) is 20.2 Å². The van der Waals surface area contributed by atoms with Crippen molar-refractivity contribution in [1.82, 2.24) is 0 Å². The molecule has 1 atom stereocenters. The third kappa shape index (κ3) is 3.55. The Labute approximate surface area is 128 Å². The largest absolute Gasteiger partial charge is 0.376 e. The molecule has 0 aliphatic heterocycles. The highest BCUT2D eigenvalue weighted by molar-refractivity contribution is 9.10. The average Bonchev–Trinajstić information content (AvgIpc) is 2.40. The van der Waals surface area contributed by atoms with E-state index in [1.807, 2.05) is 0 Å². The van der Waals surface area contributed by atoms with Crippen LogP contribution < -0.4 is 5.32 Å². The van der Waals surface area contributed by atoms with E-state index in [9.17, 15) is 18.9 Å². The van der Waals surface area contributed by atoms with Gasteiger partial charge in [0, 0.05) is 16.1 Å². The molecule has 110 valence electrons. The lowest BCUT2D eigenvalue weighted by molar-refractivity contribution is -0.385. The van der Waals surface area contributed by atoms with E-state index in [0.717, 1.165) is 6.07 Å². The van der Waals surface area contributed by atoms with Crippen LogP contribution in [0, 0.1) is 21.7 Å². The van der Waals surface area contributed by atoms with Crippen LogP contribution in [-0.4, -0.2) is 4.92 Å². The van der Waals surface area contributed by atoms with Crippen LogP contribution in [0.1, 0.15) is 18.5 Å². The lowest BCUT2D eigenvalue weighted by Gasteiger charge is -2.17. The van der Waals surface area contributed by atoms with E-state index in [1.165, 1.54) is 18.2 Å².